The number of hydrogen-bond donors (Lipinski definition) is 0. The fraction of sp³-hybridized carbons (Fsp3) is 0.542. The summed E-state index contributed by atoms with van der Waals surface area (Å²) in [4.78, 5) is 26.3. The Morgan fingerprint density at radius 3 is 2.50 bits per heavy atom. The number of carbonyl (C=O) groups is 1. The van der Waals surface area contributed by atoms with Crippen molar-refractivity contribution in [1.29, 1.82) is 0 Å². The first-order chi connectivity index (χ1) is 16.4. The molecule has 10 heteroatoms. The summed E-state index contributed by atoms with van der Waals surface area (Å²) >= 11 is 0. The third-order valence-electron chi connectivity index (χ3n) is 7.28. The first-order valence-corrected chi connectivity index (χ1v) is 11.8. The minimum Gasteiger partial charge on any atom is -0.450 e. The van der Waals surface area contributed by atoms with Gasteiger partial charge in [-0.05, 0) is 32.3 Å². The second kappa shape index (κ2) is 9.05. The van der Waals surface area contributed by atoms with E-state index in [1.54, 1.807) is 4.90 Å². The lowest BCUT2D eigenvalue weighted by Gasteiger charge is -2.48. The Balaban J connectivity index is 1.23. The van der Waals surface area contributed by atoms with E-state index in [1.807, 2.05) is 11.8 Å². The Hall–Kier alpha value is -2.88. The maximum Gasteiger partial charge on any atom is 0.409 e. The normalized spacial score (nSPS) is 22.2. The highest BCUT2D eigenvalue weighted by Gasteiger charge is 2.51. The van der Waals surface area contributed by atoms with Gasteiger partial charge in [0.15, 0.2) is 5.82 Å². The van der Waals surface area contributed by atoms with Gasteiger partial charge in [0.25, 0.3) is 0 Å². The summed E-state index contributed by atoms with van der Waals surface area (Å²) in [5.41, 5.74) is 0.311. The molecule has 34 heavy (non-hydrogen) atoms. The number of amides is 1. The number of ether oxygens (including phenoxy) is 1. The number of hydrogen-bond acceptors (Lipinski definition) is 6. The molecule has 0 radical (unpaired) electrons. The molecule has 0 bridgehead atoms. The average Bonchev–Trinajstić information content (AvgIpc) is 3.24. The molecule has 5 rings (SSSR count). The van der Waals surface area contributed by atoms with Crippen molar-refractivity contribution in [1.82, 2.24) is 19.8 Å². The molecule has 3 fully saturated rings. The van der Waals surface area contributed by atoms with Gasteiger partial charge in [-0.15, -0.1) is 0 Å². The van der Waals surface area contributed by atoms with E-state index in [4.69, 9.17) is 4.74 Å². The highest BCUT2D eigenvalue weighted by atomic mass is 19.1. The van der Waals surface area contributed by atoms with E-state index in [0.29, 0.717) is 31.6 Å². The van der Waals surface area contributed by atoms with Crippen molar-refractivity contribution >= 4 is 11.9 Å². The van der Waals surface area contributed by atoms with Gasteiger partial charge in [0.1, 0.15) is 23.1 Å². The minimum atomic E-state index is -0.846. The van der Waals surface area contributed by atoms with Crippen LogP contribution in [0.4, 0.5) is 23.8 Å². The summed E-state index contributed by atoms with van der Waals surface area (Å²) in [5.74, 6) is -1.78. The van der Waals surface area contributed by atoms with Crippen molar-refractivity contribution in [3.05, 3.63) is 42.0 Å². The molecule has 182 valence electrons. The van der Waals surface area contributed by atoms with E-state index >= 15 is 0 Å². The SMILES string of the molecule is CCOC(=O)N1CC2(CC[C@@H](N3CCN(c4ncc(F)cc4-c4ncc(F)cc4F)CC3)C2)C1. The number of likely N-dealkylation sites (tertiary alicyclic amines) is 1. The molecule has 1 spiro atoms. The summed E-state index contributed by atoms with van der Waals surface area (Å²) in [5, 5.41) is 0. The topological polar surface area (TPSA) is 61.8 Å². The van der Waals surface area contributed by atoms with Gasteiger partial charge in [-0.1, -0.05) is 0 Å². The number of carbonyl (C=O) groups excluding carboxylic acids is 1. The molecule has 1 saturated carbocycles. The molecule has 1 amide bonds. The highest BCUT2D eigenvalue weighted by Crippen LogP contribution is 2.47. The Bertz CT molecular complexity index is 1070. The Morgan fingerprint density at radius 2 is 1.79 bits per heavy atom. The predicted octanol–water partition coefficient (Wildman–Crippen LogP) is 3.69. The van der Waals surface area contributed by atoms with Gasteiger partial charge >= 0.3 is 6.09 Å². The lowest BCUT2D eigenvalue weighted by molar-refractivity contribution is -0.00294. The summed E-state index contributed by atoms with van der Waals surface area (Å²) in [6.45, 7) is 6.67. The number of anilines is 1. The quantitative estimate of drug-likeness (QED) is 0.672. The smallest absolute Gasteiger partial charge is 0.409 e. The van der Waals surface area contributed by atoms with E-state index < -0.39 is 17.5 Å². The van der Waals surface area contributed by atoms with Crippen LogP contribution < -0.4 is 4.90 Å². The Kier molecular flexibility index (Phi) is 6.09. The summed E-state index contributed by atoms with van der Waals surface area (Å²) < 4.78 is 46.8. The first kappa shape index (κ1) is 22.9. The largest absolute Gasteiger partial charge is 0.450 e. The third kappa shape index (κ3) is 4.31. The van der Waals surface area contributed by atoms with Gasteiger partial charge in [0, 0.05) is 62.4 Å². The van der Waals surface area contributed by atoms with Crippen LogP contribution in [0.5, 0.6) is 0 Å². The molecule has 3 aliphatic rings. The van der Waals surface area contributed by atoms with Crippen LogP contribution in [-0.2, 0) is 4.74 Å². The van der Waals surface area contributed by atoms with Crippen molar-refractivity contribution in [3.63, 3.8) is 0 Å². The zero-order chi connectivity index (χ0) is 23.9. The molecule has 2 aromatic rings. The Labute approximate surface area is 196 Å². The van der Waals surface area contributed by atoms with Crippen molar-refractivity contribution in [3.8, 4) is 11.3 Å². The van der Waals surface area contributed by atoms with Crippen molar-refractivity contribution < 1.29 is 22.7 Å². The van der Waals surface area contributed by atoms with Crippen LogP contribution in [0.15, 0.2) is 24.5 Å². The molecular formula is C24H28F3N5O2. The lowest BCUT2D eigenvalue weighted by atomic mass is 9.78. The van der Waals surface area contributed by atoms with E-state index in [9.17, 15) is 18.0 Å². The fourth-order valence-corrected chi connectivity index (χ4v) is 5.65. The van der Waals surface area contributed by atoms with E-state index in [-0.39, 0.29) is 22.8 Å². The van der Waals surface area contributed by atoms with E-state index in [0.717, 1.165) is 63.9 Å². The standard InChI is InChI=1S/C24H28F3N5O2/c1-2-34-23(33)32-14-24(15-32)4-3-18(11-24)30-5-7-31(8-6-30)22-19(9-16(25)13-29-22)21-20(27)10-17(26)12-28-21/h9-10,12-13,18H,2-8,11,14-15H2,1H3/t18-/m1/s1. The van der Waals surface area contributed by atoms with Crippen molar-refractivity contribution in [2.75, 3.05) is 50.8 Å². The van der Waals surface area contributed by atoms with Crippen molar-refractivity contribution in [2.45, 2.75) is 32.2 Å². The summed E-state index contributed by atoms with van der Waals surface area (Å²) in [6.07, 6.45) is 5.08. The molecule has 2 saturated heterocycles. The predicted molar refractivity (Wildman–Crippen MR) is 120 cm³/mol. The number of nitrogens with zero attached hydrogens (tertiary/aromatic N) is 5. The van der Waals surface area contributed by atoms with Crippen LogP contribution in [-0.4, -0.2) is 77.8 Å². The zero-order valence-electron chi connectivity index (χ0n) is 19.1. The molecule has 0 unspecified atom stereocenters. The van der Waals surface area contributed by atoms with E-state index in [1.165, 1.54) is 6.07 Å². The van der Waals surface area contributed by atoms with Crippen LogP contribution in [0.2, 0.25) is 0 Å². The van der Waals surface area contributed by atoms with Crippen LogP contribution in [0, 0.1) is 22.9 Å². The van der Waals surface area contributed by atoms with Crippen molar-refractivity contribution in [2.24, 2.45) is 5.41 Å². The minimum absolute atomic E-state index is 0.111. The van der Waals surface area contributed by atoms with Gasteiger partial charge < -0.3 is 14.5 Å². The molecule has 2 aliphatic heterocycles. The van der Waals surface area contributed by atoms with Crippen LogP contribution in [0.1, 0.15) is 26.2 Å². The second-order valence-electron chi connectivity index (χ2n) is 9.48. The molecule has 1 atom stereocenters. The molecule has 0 N–H and O–H groups in total. The number of piperazine rings is 1. The number of rotatable bonds is 4. The average molecular weight is 476 g/mol. The van der Waals surface area contributed by atoms with Gasteiger partial charge in [-0.2, -0.15) is 0 Å². The lowest BCUT2D eigenvalue weighted by Crippen LogP contribution is -2.58. The van der Waals surface area contributed by atoms with Crippen LogP contribution in [0.25, 0.3) is 11.3 Å². The Morgan fingerprint density at radius 1 is 1.09 bits per heavy atom. The maximum atomic E-state index is 14.4. The van der Waals surface area contributed by atoms with Crippen LogP contribution >= 0.6 is 0 Å². The molecule has 7 nitrogen and oxygen atoms in total. The summed E-state index contributed by atoms with van der Waals surface area (Å²) in [7, 11) is 0. The van der Waals surface area contributed by atoms with E-state index in [2.05, 4.69) is 14.9 Å². The number of halogens is 3. The number of pyridine rings is 2. The molecule has 2 aromatic heterocycles. The second-order valence-corrected chi connectivity index (χ2v) is 9.48. The summed E-state index contributed by atoms with van der Waals surface area (Å²) in [6, 6.07) is 2.40. The molecule has 0 aromatic carbocycles. The van der Waals surface area contributed by atoms with Gasteiger partial charge in [0.05, 0.1) is 19.0 Å². The number of aromatic nitrogens is 2. The van der Waals surface area contributed by atoms with Gasteiger partial charge in [0.2, 0.25) is 0 Å². The molecule has 4 heterocycles. The van der Waals surface area contributed by atoms with Crippen LogP contribution in [0.3, 0.4) is 0 Å². The highest BCUT2D eigenvalue weighted by molar-refractivity contribution is 5.73. The van der Waals surface area contributed by atoms with Gasteiger partial charge in [-0.25, -0.2) is 27.9 Å². The fourth-order valence-electron chi connectivity index (χ4n) is 5.65. The zero-order valence-corrected chi connectivity index (χ0v) is 19.1. The first-order valence-electron chi connectivity index (χ1n) is 11.8. The maximum absolute atomic E-state index is 14.4. The third-order valence-corrected chi connectivity index (χ3v) is 7.28. The monoisotopic (exact) mass is 475 g/mol. The molecular weight excluding hydrogens is 447 g/mol. The van der Waals surface area contributed by atoms with Gasteiger partial charge in [-0.3, -0.25) is 4.90 Å². The molecule has 1 aliphatic carbocycles.